The fourth-order valence-corrected chi connectivity index (χ4v) is 11.3. The quantitative estimate of drug-likeness (QED) is 0.0451. The first-order valence-corrected chi connectivity index (χ1v) is 32.6. The molecule has 0 aliphatic rings. The topological polar surface area (TPSA) is 43.4 Å². The van der Waals surface area contributed by atoms with Crippen molar-refractivity contribution in [3.05, 3.63) is 0 Å². The highest BCUT2D eigenvalue weighted by molar-refractivity contribution is 7.86. The first kappa shape index (κ1) is 64.9. The standard InChI is InChI=1S/C61H124O3S/c1-5-8-11-14-17-20-23-26-29-32-35-38-41-44-47-50-55-60(56-51-48-45-42-39-36-33-30-27-24-21-18-15-12-9-6-2)57-53-54-59-61(64-65(4,62)63)58-52-49-46-43-40-37-34-31-28-25-22-19-16-13-10-7-3/h60-61H,5-59H2,1-4H3. The summed E-state index contributed by atoms with van der Waals surface area (Å²) in [7, 11) is -3.42. The Hall–Kier alpha value is -0.0900. The third-order valence-electron chi connectivity index (χ3n) is 15.0. The van der Waals surface area contributed by atoms with Gasteiger partial charge in [0.15, 0.2) is 0 Å². The lowest BCUT2D eigenvalue weighted by Gasteiger charge is -2.19. The van der Waals surface area contributed by atoms with E-state index in [-0.39, 0.29) is 6.10 Å². The molecule has 0 aromatic rings. The fourth-order valence-electron chi connectivity index (χ4n) is 10.6. The minimum atomic E-state index is -3.42. The lowest BCUT2D eigenvalue weighted by atomic mass is 9.89. The molecule has 0 aromatic carbocycles. The van der Waals surface area contributed by atoms with E-state index in [0.29, 0.717) is 0 Å². The Morgan fingerprint density at radius 1 is 0.246 bits per heavy atom. The van der Waals surface area contributed by atoms with Gasteiger partial charge >= 0.3 is 0 Å². The van der Waals surface area contributed by atoms with Gasteiger partial charge in [-0.3, -0.25) is 4.18 Å². The van der Waals surface area contributed by atoms with Gasteiger partial charge in [-0.05, 0) is 18.8 Å². The van der Waals surface area contributed by atoms with Crippen LogP contribution in [0.4, 0.5) is 0 Å². The van der Waals surface area contributed by atoms with Crippen molar-refractivity contribution in [3.63, 3.8) is 0 Å². The summed E-state index contributed by atoms with van der Waals surface area (Å²) < 4.78 is 30.0. The average molecular weight is 938 g/mol. The highest BCUT2D eigenvalue weighted by Gasteiger charge is 2.16. The van der Waals surface area contributed by atoms with Crippen molar-refractivity contribution < 1.29 is 12.6 Å². The summed E-state index contributed by atoms with van der Waals surface area (Å²) in [6.07, 6.45) is 77.2. The molecule has 0 bridgehead atoms. The molecule has 1 unspecified atom stereocenters. The van der Waals surface area contributed by atoms with Gasteiger partial charge in [0, 0.05) is 0 Å². The molecule has 0 aliphatic carbocycles. The molecule has 0 fully saturated rings. The first-order chi connectivity index (χ1) is 31.9. The van der Waals surface area contributed by atoms with E-state index in [4.69, 9.17) is 4.18 Å². The molecule has 0 heterocycles. The zero-order valence-electron chi connectivity index (χ0n) is 45.7. The fraction of sp³-hybridized carbons (Fsp3) is 1.00. The van der Waals surface area contributed by atoms with Gasteiger partial charge in [0.2, 0.25) is 0 Å². The van der Waals surface area contributed by atoms with Gasteiger partial charge < -0.3 is 0 Å². The van der Waals surface area contributed by atoms with Crippen molar-refractivity contribution in [1.82, 2.24) is 0 Å². The molecule has 0 spiro atoms. The summed E-state index contributed by atoms with van der Waals surface area (Å²) in [6, 6.07) is 0. The third-order valence-corrected chi connectivity index (χ3v) is 15.6. The second-order valence-corrected chi connectivity index (χ2v) is 23.4. The van der Waals surface area contributed by atoms with E-state index < -0.39 is 10.1 Å². The van der Waals surface area contributed by atoms with E-state index in [1.54, 1.807) is 0 Å². The zero-order chi connectivity index (χ0) is 47.3. The van der Waals surface area contributed by atoms with Crippen LogP contribution in [-0.4, -0.2) is 20.8 Å². The van der Waals surface area contributed by atoms with Crippen molar-refractivity contribution in [2.75, 3.05) is 6.26 Å². The van der Waals surface area contributed by atoms with Gasteiger partial charge in [-0.15, -0.1) is 0 Å². The number of rotatable bonds is 58. The van der Waals surface area contributed by atoms with Crippen LogP contribution in [0.15, 0.2) is 0 Å². The van der Waals surface area contributed by atoms with E-state index in [1.165, 1.54) is 334 Å². The van der Waals surface area contributed by atoms with Gasteiger partial charge in [-0.25, -0.2) is 0 Å². The largest absolute Gasteiger partial charge is 0.267 e. The molecular weight excluding hydrogens is 813 g/mol. The van der Waals surface area contributed by atoms with Crippen molar-refractivity contribution in [3.8, 4) is 0 Å². The predicted octanol–water partition coefficient (Wildman–Crippen LogP) is 22.5. The van der Waals surface area contributed by atoms with Gasteiger partial charge in [-0.2, -0.15) is 8.42 Å². The molecule has 0 aromatic heterocycles. The highest BCUT2D eigenvalue weighted by Crippen LogP contribution is 2.26. The number of hydrogen-bond acceptors (Lipinski definition) is 3. The molecule has 65 heavy (non-hydrogen) atoms. The van der Waals surface area contributed by atoms with Gasteiger partial charge in [-0.1, -0.05) is 361 Å². The molecule has 0 rings (SSSR count). The predicted molar refractivity (Wildman–Crippen MR) is 294 cm³/mol. The molecule has 4 heteroatoms. The highest BCUT2D eigenvalue weighted by atomic mass is 32.2. The molecule has 0 radical (unpaired) electrons. The summed E-state index contributed by atoms with van der Waals surface area (Å²) >= 11 is 0. The summed E-state index contributed by atoms with van der Waals surface area (Å²) in [5.41, 5.74) is 0. The smallest absolute Gasteiger partial charge is 0.264 e. The maximum atomic E-state index is 12.2. The summed E-state index contributed by atoms with van der Waals surface area (Å²) in [6.45, 7) is 6.91. The molecule has 0 aliphatic heterocycles. The molecule has 1 atom stereocenters. The van der Waals surface area contributed by atoms with Gasteiger partial charge in [0.25, 0.3) is 10.1 Å². The third kappa shape index (κ3) is 56.4. The lowest BCUT2D eigenvalue weighted by molar-refractivity contribution is 0.180. The molecule has 0 saturated carbocycles. The van der Waals surface area contributed by atoms with Crippen molar-refractivity contribution in [2.45, 2.75) is 380 Å². The van der Waals surface area contributed by atoms with Crippen LogP contribution in [0.25, 0.3) is 0 Å². The second-order valence-electron chi connectivity index (χ2n) is 21.8. The molecule has 392 valence electrons. The first-order valence-electron chi connectivity index (χ1n) is 30.8. The van der Waals surface area contributed by atoms with Crippen LogP contribution in [-0.2, 0) is 14.3 Å². The van der Waals surface area contributed by atoms with Crippen LogP contribution in [0, 0.1) is 5.92 Å². The van der Waals surface area contributed by atoms with E-state index in [2.05, 4.69) is 20.8 Å². The number of hydrogen-bond donors (Lipinski definition) is 0. The van der Waals surface area contributed by atoms with Crippen molar-refractivity contribution in [1.29, 1.82) is 0 Å². The zero-order valence-corrected chi connectivity index (χ0v) is 46.5. The molecule has 0 amide bonds. The van der Waals surface area contributed by atoms with Crippen LogP contribution in [0.3, 0.4) is 0 Å². The van der Waals surface area contributed by atoms with Crippen LogP contribution in [0.5, 0.6) is 0 Å². The molecule has 0 N–H and O–H groups in total. The maximum Gasteiger partial charge on any atom is 0.264 e. The Kier molecular flexibility index (Phi) is 54.8. The average Bonchev–Trinajstić information content (AvgIpc) is 3.29. The monoisotopic (exact) mass is 937 g/mol. The van der Waals surface area contributed by atoms with Crippen molar-refractivity contribution in [2.24, 2.45) is 5.92 Å². The van der Waals surface area contributed by atoms with E-state index in [9.17, 15) is 8.42 Å². The Balaban J connectivity index is 4.39. The van der Waals surface area contributed by atoms with Crippen LogP contribution < -0.4 is 0 Å². The normalized spacial score (nSPS) is 12.6. The Morgan fingerprint density at radius 3 is 0.600 bits per heavy atom. The second kappa shape index (κ2) is 54.8. The summed E-state index contributed by atoms with van der Waals surface area (Å²) in [4.78, 5) is 0. The number of unbranched alkanes of at least 4 members (excludes halogenated alkanes) is 46. The maximum absolute atomic E-state index is 12.2. The van der Waals surface area contributed by atoms with E-state index in [0.717, 1.165) is 31.6 Å². The Morgan fingerprint density at radius 2 is 0.400 bits per heavy atom. The lowest BCUT2D eigenvalue weighted by Crippen LogP contribution is -2.18. The molecule has 0 saturated heterocycles. The summed E-state index contributed by atoms with van der Waals surface area (Å²) in [5.74, 6) is 0.850. The van der Waals surface area contributed by atoms with Crippen LogP contribution in [0.1, 0.15) is 374 Å². The minimum Gasteiger partial charge on any atom is -0.267 e. The van der Waals surface area contributed by atoms with E-state index in [1.807, 2.05) is 0 Å². The summed E-state index contributed by atoms with van der Waals surface area (Å²) in [5, 5.41) is 0. The minimum absolute atomic E-state index is 0.129. The molecule has 3 nitrogen and oxygen atoms in total. The Labute approximate surface area is 413 Å². The van der Waals surface area contributed by atoms with Gasteiger partial charge in [0.05, 0.1) is 12.4 Å². The SMILES string of the molecule is CCCCCCCCCCCCCCCCCCC(CCCCCCCCCCCCCCCCCC)CCCCC(CCCCCCCCCCCCCCCCCC)OS(C)(=O)=O. The van der Waals surface area contributed by atoms with Crippen molar-refractivity contribution >= 4 is 10.1 Å². The van der Waals surface area contributed by atoms with Gasteiger partial charge in [0.1, 0.15) is 0 Å². The van der Waals surface area contributed by atoms with E-state index >= 15 is 0 Å². The molecular formula is C61H124O3S. The van der Waals surface area contributed by atoms with Crippen LogP contribution in [0.2, 0.25) is 0 Å². The Bertz CT molecular complexity index is 928. The van der Waals surface area contributed by atoms with Crippen LogP contribution >= 0.6 is 0 Å².